The summed E-state index contributed by atoms with van der Waals surface area (Å²) in [5.41, 5.74) is 4.92. The summed E-state index contributed by atoms with van der Waals surface area (Å²) in [5, 5.41) is 7.69. The van der Waals surface area contributed by atoms with Crippen molar-refractivity contribution in [2.45, 2.75) is 27.2 Å². The molecule has 29 heavy (non-hydrogen) atoms. The smallest absolute Gasteiger partial charge is 0.0780 e. The molecule has 5 aromatic rings. The lowest BCUT2D eigenvalue weighted by molar-refractivity contribution is 0.647. The lowest BCUT2D eigenvalue weighted by atomic mass is 9.94. The van der Waals surface area contributed by atoms with Crippen LogP contribution in [0.25, 0.3) is 43.6 Å². The Kier molecular flexibility index (Phi) is 4.32. The van der Waals surface area contributed by atoms with E-state index in [-0.39, 0.29) is 0 Å². The largest absolute Gasteiger partial charge is 0.256 e. The zero-order chi connectivity index (χ0) is 20.0. The molecule has 0 fully saturated rings. The van der Waals surface area contributed by atoms with Crippen LogP contribution in [-0.4, -0.2) is 4.98 Å². The van der Waals surface area contributed by atoms with E-state index in [1.165, 1.54) is 49.0 Å². The second-order valence-electron chi connectivity index (χ2n) is 8.50. The number of pyridine rings is 1. The van der Waals surface area contributed by atoms with Gasteiger partial charge in [0.2, 0.25) is 0 Å². The van der Waals surface area contributed by atoms with Gasteiger partial charge in [-0.1, -0.05) is 86.1 Å². The standard InChI is InChI=1S/C28H25N/c1-18(2)16-20-5-8-22(9-6-20)28-26-13-12-24-23(25(26)14-15-29-28)11-10-21-7-4-19(3)17-27(21)24/h4-15,17-18H,16H2,1-3H3. The van der Waals surface area contributed by atoms with Gasteiger partial charge in [0.05, 0.1) is 5.69 Å². The number of rotatable bonds is 3. The van der Waals surface area contributed by atoms with Gasteiger partial charge in [-0.3, -0.25) is 4.98 Å². The van der Waals surface area contributed by atoms with Crippen molar-refractivity contribution in [3.8, 4) is 11.3 Å². The number of hydrogen-bond acceptors (Lipinski definition) is 1. The maximum Gasteiger partial charge on any atom is 0.0780 e. The van der Waals surface area contributed by atoms with Gasteiger partial charge in [-0.25, -0.2) is 0 Å². The number of nitrogens with zero attached hydrogens (tertiary/aromatic N) is 1. The molecule has 0 radical (unpaired) electrons. The van der Waals surface area contributed by atoms with Crippen molar-refractivity contribution in [3.05, 3.63) is 90.1 Å². The molecule has 0 amide bonds. The van der Waals surface area contributed by atoms with E-state index in [4.69, 9.17) is 4.98 Å². The molecule has 0 bridgehead atoms. The molecule has 0 aliphatic carbocycles. The van der Waals surface area contributed by atoms with Crippen LogP contribution >= 0.6 is 0 Å². The van der Waals surface area contributed by atoms with Gasteiger partial charge in [0, 0.05) is 17.1 Å². The van der Waals surface area contributed by atoms with Gasteiger partial charge in [0.25, 0.3) is 0 Å². The molecule has 5 rings (SSSR count). The summed E-state index contributed by atoms with van der Waals surface area (Å²) >= 11 is 0. The summed E-state index contributed by atoms with van der Waals surface area (Å²) < 4.78 is 0. The summed E-state index contributed by atoms with van der Waals surface area (Å²) in [6.45, 7) is 6.68. The monoisotopic (exact) mass is 375 g/mol. The average molecular weight is 376 g/mol. The molecule has 1 heterocycles. The van der Waals surface area contributed by atoms with E-state index >= 15 is 0 Å². The van der Waals surface area contributed by atoms with Gasteiger partial charge >= 0.3 is 0 Å². The van der Waals surface area contributed by atoms with Crippen LogP contribution < -0.4 is 0 Å². The first kappa shape index (κ1) is 17.9. The average Bonchev–Trinajstić information content (AvgIpc) is 2.73. The van der Waals surface area contributed by atoms with Gasteiger partial charge in [0.1, 0.15) is 0 Å². The van der Waals surface area contributed by atoms with E-state index in [9.17, 15) is 0 Å². The van der Waals surface area contributed by atoms with Gasteiger partial charge in [-0.05, 0) is 57.8 Å². The van der Waals surface area contributed by atoms with Crippen molar-refractivity contribution in [1.82, 2.24) is 4.98 Å². The molecule has 0 atom stereocenters. The quantitative estimate of drug-likeness (QED) is 0.294. The normalized spacial score (nSPS) is 11.7. The fourth-order valence-corrected chi connectivity index (χ4v) is 4.41. The maximum absolute atomic E-state index is 4.75. The van der Waals surface area contributed by atoms with E-state index in [0.717, 1.165) is 12.1 Å². The minimum atomic E-state index is 0.668. The Balaban J connectivity index is 1.71. The molecular formula is C28H25N. The molecule has 0 N–H and O–H groups in total. The second-order valence-corrected chi connectivity index (χ2v) is 8.50. The summed E-state index contributed by atoms with van der Waals surface area (Å²) in [6.07, 6.45) is 3.06. The molecule has 1 heteroatoms. The number of fused-ring (bicyclic) bond motifs is 5. The van der Waals surface area contributed by atoms with Crippen molar-refractivity contribution in [3.63, 3.8) is 0 Å². The Hall–Kier alpha value is -3.19. The van der Waals surface area contributed by atoms with E-state index in [0.29, 0.717) is 5.92 Å². The molecule has 4 aromatic carbocycles. The van der Waals surface area contributed by atoms with E-state index in [1.807, 2.05) is 6.20 Å². The Labute approximate surface area is 172 Å². The highest BCUT2D eigenvalue weighted by Gasteiger charge is 2.10. The molecule has 1 aromatic heterocycles. The van der Waals surface area contributed by atoms with Crippen LogP contribution in [0.3, 0.4) is 0 Å². The lowest BCUT2D eigenvalue weighted by Crippen LogP contribution is -1.94. The first-order valence-corrected chi connectivity index (χ1v) is 10.4. The van der Waals surface area contributed by atoms with Gasteiger partial charge in [-0.2, -0.15) is 0 Å². The number of benzene rings is 4. The van der Waals surface area contributed by atoms with Crippen molar-refractivity contribution in [2.75, 3.05) is 0 Å². The summed E-state index contributed by atoms with van der Waals surface area (Å²) in [4.78, 5) is 4.75. The highest BCUT2D eigenvalue weighted by molar-refractivity contribution is 6.18. The molecule has 0 saturated heterocycles. The molecule has 142 valence electrons. The van der Waals surface area contributed by atoms with Crippen molar-refractivity contribution in [1.29, 1.82) is 0 Å². The molecule has 0 unspecified atom stereocenters. The van der Waals surface area contributed by atoms with Crippen molar-refractivity contribution < 1.29 is 0 Å². The first-order chi connectivity index (χ1) is 14.1. The summed E-state index contributed by atoms with van der Waals surface area (Å²) in [5.74, 6) is 0.668. The second kappa shape index (κ2) is 7.00. The van der Waals surface area contributed by atoms with Crippen LogP contribution in [-0.2, 0) is 6.42 Å². The fraction of sp³-hybridized carbons (Fsp3) is 0.179. The molecule has 1 nitrogen and oxygen atoms in total. The predicted octanol–water partition coefficient (Wildman–Crippen LogP) is 7.72. The molecule has 0 spiro atoms. The minimum Gasteiger partial charge on any atom is -0.256 e. The third-order valence-corrected chi connectivity index (χ3v) is 5.79. The van der Waals surface area contributed by atoms with Gasteiger partial charge < -0.3 is 0 Å². The Bertz CT molecular complexity index is 1340. The molecule has 0 aliphatic heterocycles. The van der Waals surface area contributed by atoms with Crippen LogP contribution in [0.2, 0.25) is 0 Å². The number of aryl methyl sites for hydroxylation is 1. The van der Waals surface area contributed by atoms with E-state index in [1.54, 1.807) is 0 Å². The topological polar surface area (TPSA) is 12.9 Å². The van der Waals surface area contributed by atoms with Crippen LogP contribution in [0.15, 0.2) is 79.0 Å². The SMILES string of the molecule is Cc1ccc2ccc3c4ccnc(-c5ccc(CC(C)C)cc5)c4ccc3c2c1. The Morgan fingerprint density at radius 2 is 1.34 bits per heavy atom. The Morgan fingerprint density at radius 1 is 0.690 bits per heavy atom. The highest BCUT2D eigenvalue weighted by Crippen LogP contribution is 2.35. The number of hydrogen-bond donors (Lipinski definition) is 0. The van der Waals surface area contributed by atoms with Crippen LogP contribution in [0.4, 0.5) is 0 Å². The van der Waals surface area contributed by atoms with Gasteiger partial charge in [-0.15, -0.1) is 0 Å². The zero-order valence-corrected chi connectivity index (χ0v) is 17.2. The predicted molar refractivity (Wildman–Crippen MR) is 125 cm³/mol. The highest BCUT2D eigenvalue weighted by atomic mass is 14.7. The molecule has 0 saturated carbocycles. The summed E-state index contributed by atoms with van der Waals surface area (Å²) in [6, 6.07) is 26.7. The van der Waals surface area contributed by atoms with E-state index < -0.39 is 0 Å². The Morgan fingerprint density at radius 3 is 2.14 bits per heavy atom. The van der Waals surface area contributed by atoms with Crippen molar-refractivity contribution in [2.24, 2.45) is 5.92 Å². The van der Waals surface area contributed by atoms with Gasteiger partial charge in [0.15, 0.2) is 0 Å². The van der Waals surface area contributed by atoms with Crippen LogP contribution in [0.5, 0.6) is 0 Å². The maximum atomic E-state index is 4.75. The third kappa shape index (κ3) is 3.17. The minimum absolute atomic E-state index is 0.668. The molecular weight excluding hydrogens is 350 g/mol. The fourth-order valence-electron chi connectivity index (χ4n) is 4.41. The van der Waals surface area contributed by atoms with Crippen LogP contribution in [0, 0.1) is 12.8 Å². The zero-order valence-electron chi connectivity index (χ0n) is 17.2. The first-order valence-electron chi connectivity index (χ1n) is 10.4. The third-order valence-electron chi connectivity index (χ3n) is 5.79. The molecule has 0 aliphatic rings. The number of aromatic nitrogens is 1. The summed E-state index contributed by atoms with van der Waals surface area (Å²) in [7, 11) is 0. The lowest BCUT2D eigenvalue weighted by Gasteiger charge is -2.12. The van der Waals surface area contributed by atoms with Crippen molar-refractivity contribution >= 4 is 32.3 Å². The van der Waals surface area contributed by atoms with Crippen LogP contribution in [0.1, 0.15) is 25.0 Å². The van der Waals surface area contributed by atoms with E-state index in [2.05, 4.69) is 93.6 Å².